The van der Waals surface area contributed by atoms with E-state index in [4.69, 9.17) is 10.00 Å². The number of carbonyl (C=O) groups is 1. The molecule has 0 unspecified atom stereocenters. The number of methoxy groups -OCH3 is 1. The Morgan fingerprint density at radius 1 is 1.50 bits per heavy atom. The molecule has 0 rings (SSSR count). The summed E-state index contributed by atoms with van der Waals surface area (Å²) < 4.78 is 4.94. The van der Waals surface area contributed by atoms with Crippen molar-refractivity contribution in [2.75, 3.05) is 53.5 Å². The molecule has 92 valence electrons. The lowest BCUT2D eigenvalue weighted by molar-refractivity contribution is -0.120. The molecule has 0 aromatic carbocycles. The van der Waals surface area contributed by atoms with E-state index >= 15 is 0 Å². The Hall–Kier alpha value is -1.16. The molecule has 0 aliphatic heterocycles. The molecule has 0 atom stereocenters. The molecule has 2 N–H and O–H groups in total. The van der Waals surface area contributed by atoms with Gasteiger partial charge in [0.1, 0.15) is 6.54 Å². The molecule has 6 heteroatoms. The average Bonchev–Trinajstić information content (AvgIpc) is 2.29. The van der Waals surface area contributed by atoms with E-state index in [9.17, 15) is 4.79 Å². The maximum atomic E-state index is 11.1. The Bertz CT molecular complexity index is 227. The zero-order chi connectivity index (χ0) is 12.2. The maximum Gasteiger partial charge on any atom is 0.234 e. The molecule has 0 bridgehead atoms. The van der Waals surface area contributed by atoms with E-state index in [0.29, 0.717) is 6.61 Å². The second kappa shape index (κ2) is 10.4. The highest BCUT2D eigenvalue weighted by atomic mass is 16.5. The third-order valence-electron chi connectivity index (χ3n) is 2.00. The second-order valence-electron chi connectivity index (χ2n) is 3.41. The highest BCUT2D eigenvalue weighted by molar-refractivity contribution is 5.78. The van der Waals surface area contributed by atoms with Gasteiger partial charge in [0.2, 0.25) is 5.91 Å². The molecule has 0 aromatic heterocycles. The van der Waals surface area contributed by atoms with Crippen molar-refractivity contribution in [3.05, 3.63) is 0 Å². The summed E-state index contributed by atoms with van der Waals surface area (Å²) in [6.45, 7) is 3.49. The molecule has 6 nitrogen and oxygen atoms in total. The first-order chi connectivity index (χ1) is 7.70. The Morgan fingerprint density at radius 3 is 2.88 bits per heavy atom. The van der Waals surface area contributed by atoms with Crippen LogP contribution in [-0.2, 0) is 9.53 Å². The van der Waals surface area contributed by atoms with Crippen molar-refractivity contribution in [1.82, 2.24) is 15.5 Å². The van der Waals surface area contributed by atoms with Crippen LogP contribution in [0.15, 0.2) is 0 Å². The van der Waals surface area contributed by atoms with Crippen LogP contribution in [0.4, 0.5) is 0 Å². The third kappa shape index (κ3) is 9.40. The van der Waals surface area contributed by atoms with Crippen molar-refractivity contribution < 1.29 is 9.53 Å². The van der Waals surface area contributed by atoms with Crippen molar-refractivity contribution >= 4 is 5.91 Å². The van der Waals surface area contributed by atoms with Crippen molar-refractivity contribution in [1.29, 1.82) is 5.26 Å². The van der Waals surface area contributed by atoms with Crippen LogP contribution in [0.25, 0.3) is 0 Å². The molecule has 0 heterocycles. The standard InChI is InChI=1S/C10H20N4O2/c1-14(7-8-16-2)6-5-12-9-10(15)13-4-3-11/h12H,4-9H2,1-2H3,(H,13,15). The first-order valence-electron chi connectivity index (χ1n) is 5.22. The molecule has 0 radical (unpaired) electrons. The van der Waals surface area contributed by atoms with E-state index in [1.807, 2.05) is 13.1 Å². The Kier molecular flexibility index (Phi) is 9.61. The van der Waals surface area contributed by atoms with Crippen LogP contribution in [0.1, 0.15) is 0 Å². The summed E-state index contributed by atoms with van der Waals surface area (Å²) in [5.74, 6) is -0.152. The maximum absolute atomic E-state index is 11.1. The van der Waals surface area contributed by atoms with Crippen LogP contribution in [0.2, 0.25) is 0 Å². The Morgan fingerprint density at radius 2 is 2.25 bits per heavy atom. The quantitative estimate of drug-likeness (QED) is 0.383. The van der Waals surface area contributed by atoms with Crippen molar-refractivity contribution in [2.24, 2.45) is 0 Å². The fourth-order valence-electron chi connectivity index (χ4n) is 1.03. The zero-order valence-corrected chi connectivity index (χ0v) is 9.95. The predicted octanol–water partition coefficient (Wildman–Crippen LogP) is -1.21. The highest BCUT2D eigenvalue weighted by Gasteiger charge is 2.00. The number of hydrogen-bond acceptors (Lipinski definition) is 5. The fraction of sp³-hybridized carbons (Fsp3) is 0.800. The minimum atomic E-state index is -0.152. The van der Waals surface area contributed by atoms with Gasteiger partial charge in [-0.1, -0.05) is 0 Å². The van der Waals surface area contributed by atoms with E-state index in [1.54, 1.807) is 7.11 Å². The van der Waals surface area contributed by atoms with E-state index in [-0.39, 0.29) is 19.0 Å². The topological polar surface area (TPSA) is 77.4 Å². The van der Waals surface area contributed by atoms with Gasteiger partial charge in [-0.15, -0.1) is 0 Å². The highest BCUT2D eigenvalue weighted by Crippen LogP contribution is 1.80. The van der Waals surface area contributed by atoms with E-state index < -0.39 is 0 Å². The van der Waals surface area contributed by atoms with Gasteiger partial charge in [0.25, 0.3) is 0 Å². The second-order valence-corrected chi connectivity index (χ2v) is 3.41. The lowest BCUT2D eigenvalue weighted by Crippen LogP contribution is -2.38. The summed E-state index contributed by atoms with van der Waals surface area (Å²) >= 11 is 0. The lowest BCUT2D eigenvalue weighted by atomic mass is 10.5. The monoisotopic (exact) mass is 228 g/mol. The van der Waals surface area contributed by atoms with Crippen LogP contribution in [0.5, 0.6) is 0 Å². The number of rotatable bonds is 9. The largest absolute Gasteiger partial charge is 0.383 e. The zero-order valence-electron chi connectivity index (χ0n) is 9.95. The molecular formula is C10H20N4O2. The number of hydrogen-bond donors (Lipinski definition) is 2. The van der Waals surface area contributed by atoms with E-state index in [1.165, 1.54) is 0 Å². The van der Waals surface area contributed by atoms with E-state index in [0.717, 1.165) is 19.6 Å². The van der Waals surface area contributed by atoms with Gasteiger partial charge < -0.3 is 20.3 Å². The Labute approximate surface area is 96.6 Å². The summed E-state index contributed by atoms with van der Waals surface area (Å²) in [5.41, 5.74) is 0. The fourth-order valence-corrected chi connectivity index (χ4v) is 1.03. The number of nitriles is 1. The molecule has 0 aromatic rings. The lowest BCUT2D eigenvalue weighted by Gasteiger charge is -2.15. The molecule has 16 heavy (non-hydrogen) atoms. The smallest absolute Gasteiger partial charge is 0.234 e. The van der Waals surface area contributed by atoms with Crippen LogP contribution < -0.4 is 10.6 Å². The van der Waals surface area contributed by atoms with Gasteiger partial charge in [-0.25, -0.2) is 0 Å². The van der Waals surface area contributed by atoms with Crippen molar-refractivity contribution in [2.45, 2.75) is 0 Å². The number of nitrogens with one attached hydrogen (secondary N) is 2. The van der Waals surface area contributed by atoms with Gasteiger partial charge in [-0.2, -0.15) is 5.26 Å². The third-order valence-corrected chi connectivity index (χ3v) is 2.00. The first-order valence-corrected chi connectivity index (χ1v) is 5.22. The summed E-state index contributed by atoms with van der Waals surface area (Å²) in [6.07, 6.45) is 0. The minimum absolute atomic E-state index is 0.0637. The molecule has 0 saturated carbocycles. The van der Waals surface area contributed by atoms with E-state index in [2.05, 4.69) is 15.5 Å². The number of ether oxygens (including phenoxy) is 1. The van der Waals surface area contributed by atoms with Crippen LogP contribution >= 0.6 is 0 Å². The SMILES string of the molecule is COCCN(C)CCNCC(=O)NCC#N. The van der Waals surface area contributed by atoms with Gasteiger partial charge in [0, 0.05) is 26.7 Å². The van der Waals surface area contributed by atoms with Gasteiger partial charge in [0.15, 0.2) is 0 Å². The molecule has 0 spiro atoms. The van der Waals surface area contributed by atoms with Gasteiger partial charge >= 0.3 is 0 Å². The summed E-state index contributed by atoms with van der Waals surface area (Å²) in [5, 5.41) is 13.7. The number of likely N-dealkylation sites (N-methyl/N-ethyl adjacent to an activating group) is 1. The number of nitrogens with zero attached hydrogens (tertiary/aromatic N) is 2. The predicted molar refractivity (Wildman–Crippen MR) is 60.9 cm³/mol. The van der Waals surface area contributed by atoms with Crippen molar-refractivity contribution in [3.63, 3.8) is 0 Å². The molecule has 0 saturated heterocycles. The summed E-state index contributed by atoms with van der Waals surface area (Å²) in [6, 6.07) is 1.85. The van der Waals surface area contributed by atoms with Gasteiger partial charge in [-0.05, 0) is 7.05 Å². The molecule has 1 amide bonds. The van der Waals surface area contributed by atoms with Crippen LogP contribution in [-0.4, -0.2) is 64.3 Å². The molecular weight excluding hydrogens is 208 g/mol. The Balaban J connectivity index is 3.32. The van der Waals surface area contributed by atoms with Gasteiger partial charge in [-0.3, -0.25) is 4.79 Å². The van der Waals surface area contributed by atoms with Crippen LogP contribution in [0, 0.1) is 11.3 Å². The van der Waals surface area contributed by atoms with Crippen molar-refractivity contribution in [3.8, 4) is 6.07 Å². The normalized spacial score (nSPS) is 10.1. The first kappa shape index (κ1) is 14.8. The molecule has 0 aliphatic carbocycles. The summed E-state index contributed by atoms with van der Waals surface area (Å²) in [7, 11) is 3.67. The van der Waals surface area contributed by atoms with Gasteiger partial charge in [0.05, 0.1) is 19.2 Å². The van der Waals surface area contributed by atoms with Crippen LogP contribution in [0.3, 0.4) is 0 Å². The minimum Gasteiger partial charge on any atom is -0.383 e. The summed E-state index contributed by atoms with van der Waals surface area (Å²) in [4.78, 5) is 13.2. The molecule has 0 aliphatic rings. The average molecular weight is 228 g/mol. The molecule has 0 fully saturated rings. The number of carbonyl (C=O) groups excluding carboxylic acids is 1. The number of amides is 1.